The SMILES string of the molecule is O=C(Nc1ccccc1)c1ccc(C(=O)Nc2ccc(F)cc2F)cc1. The molecule has 3 rings (SSSR count). The van der Waals surface area contributed by atoms with Crippen molar-refractivity contribution < 1.29 is 18.4 Å². The Morgan fingerprint density at radius 2 is 1.27 bits per heavy atom. The van der Waals surface area contributed by atoms with Crippen molar-refractivity contribution in [1.29, 1.82) is 0 Å². The molecular formula is C20H14F2N2O2. The Morgan fingerprint density at radius 3 is 1.85 bits per heavy atom. The number of para-hydroxylation sites is 1. The molecule has 0 spiro atoms. The Bertz CT molecular complexity index is 942. The van der Waals surface area contributed by atoms with E-state index in [1.807, 2.05) is 6.07 Å². The largest absolute Gasteiger partial charge is 0.322 e. The molecule has 2 N–H and O–H groups in total. The summed E-state index contributed by atoms with van der Waals surface area (Å²) in [4.78, 5) is 24.3. The molecule has 0 aliphatic rings. The summed E-state index contributed by atoms with van der Waals surface area (Å²) in [6.45, 7) is 0. The van der Waals surface area contributed by atoms with Gasteiger partial charge in [-0.2, -0.15) is 0 Å². The minimum absolute atomic E-state index is 0.123. The Hall–Kier alpha value is -3.54. The second-order valence-corrected chi connectivity index (χ2v) is 5.48. The molecule has 0 atom stereocenters. The summed E-state index contributed by atoms with van der Waals surface area (Å²) in [5.74, 6) is -2.47. The van der Waals surface area contributed by atoms with Crippen molar-refractivity contribution in [2.24, 2.45) is 0 Å². The maximum absolute atomic E-state index is 13.6. The van der Waals surface area contributed by atoms with Gasteiger partial charge < -0.3 is 10.6 Å². The van der Waals surface area contributed by atoms with Gasteiger partial charge >= 0.3 is 0 Å². The third-order valence-electron chi connectivity index (χ3n) is 3.62. The Kier molecular flexibility index (Phi) is 5.03. The summed E-state index contributed by atoms with van der Waals surface area (Å²) < 4.78 is 26.5. The van der Waals surface area contributed by atoms with Gasteiger partial charge in [0.25, 0.3) is 11.8 Å². The van der Waals surface area contributed by atoms with Crippen LogP contribution in [0, 0.1) is 11.6 Å². The van der Waals surface area contributed by atoms with Gasteiger partial charge in [0.2, 0.25) is 0 Å². The number of benzene rings is 3. The average Bonchev–Trinajstić information content (AvgIpc) is 2.65. The number of carbonyl (C=O) groups is 2. The van der Waals surface area contributed by atoms with E-state index in [4.69, 9.17) is 0 Å². The fourth-order valence-corrected chi connectivity index (χ4v) is 2.28. The average molecular weight is 352 g/mol. The molecule has 0 heterocycles. The van der Waals surface area contributed by atoms with Crippen molar-refractivity contribution in [3.63, 3.8) is 0 Å². The molecule has 0 fully saturated rings. The molecule has 0 unspecified atom stereocenters. The van der Waals surface area contributed by atoms with E-state index in [1.54, 1.807) is 24.3 Å². The third kappa shape index (κ3) is 4.10. The molecule has 0 saturated heterocycles. The van der Waals surface area contributed by atoms with E-state index in [1.165, 1.54) is 24.3 Å². The molecule has 2 amide bonds. The topological polar surface area (TPSA) is 58.2 Å². The van der Waals surface area contributed by atoms with E-state index in [-0.39, 0.29) is 17.2 Å². The van der Waals surface area contributed by atoms with E-state index in [0.717, 1.165) is 12.1 Å². The van der Waals surface area contributed by atoms with Gasteiger partial charge in [-0.3, -0.25) is 9.59 Å². The standard InChI is InChI=1S/C20H14F2N2O2/c21-15-10-11-18(17(22)12-15)24-20(26)14-8-6-13(7-9-14)19(25)23-16-4-2-1-3-5-16/h1-12H,(H,23,25)(H,24,26). The number of halogens is 2. The monoisotopic (exact) mass is 352 g/mol. The van der Waals surface area contributed by atoms with Crippen molar-refractivity contribution in [3.05, 3.63) is 95.6 Å². The van der Waals surface area contributed by atoms with Crippen LogP contribution in [0.5, 0.6) is 0 Å². The van der Waals surface area contributed by atoms with E-state index >= 15 is 0 Å². The third-order valence-corrected chi connectivity index (χ3v) is 3.62. The fourth-order valence-electron chi connectivity index (χ4n) is 2.28. The van der Waals surface area contributed by atoms with Crippen LogP contribution in [0.4, 0.5) is 20.2 Å². The van der Waals surface area contributed by atoms with Gasteiger partial charge in [0.05, 0.1) is 5.69 Å². The number of hydrogen-bond donors (Lipinski definition) is 2. The summed E-state index contributed by atoms with van der Waals surface area (Å²) in [5, 5.41) is 5.10. The van der Waals surface area contributed by atoms with Crippen LogP contribution in [-0.2, 0) is 0 Å². The predicted octanol–water partition coefficient (Wildman–Crippen LogP) is 4.47. The van der Waals surface area contributed by atoms with Crippen molar-refractivity contribution in [3.8, 4) is 0 Å². The zero-order chi connectivity index (χ0) is 18.5. The van der Waals surface area contributed by atoms with E-state index in [2.05, 4.69) is 10.6 Å². The first-order valence-corrected chi connectivity index (χ1v) is 7.76. The number of amides is 2. The highest BCUT2D eigenvalue weighted by Crippen LogP contribution is 2.17. The van der Waals surface area contributed by atoms with Gasteiger partial charge in [-0.15, -0.1) is 0 Å². The second kappa shape index (κ2) is 7.57. The van der Waals surface area contributed by atoms with Gasteiger partial charge in [-0.05, 0) is 48.5 Å². The van der Waals surface area contributed by atoms with Gasteiger partial charge in [0, 0.05) is 22.9 Å². The summed E-state index contributed by atoms with van der Waals surface area (Å²) in [6, 6.07) is 17.7. The fraction of sp³-hybridized carbons (Fsp3) is 0. The molecule has 0 saturated carbocycles. The molecule has 0 radical (unpaired) electrons. The highest BCUT2D eigenvalue weighted by atomic mass is 19.1. The van der Waals surface area contributed by atoms with Crippen LogP contribution in [0.2, 0.25) is 0 Å². The number of hydrogen-bond acceptors (Lipinski definition) is 2. The zero-order valence-electron chi connectivity index (χ0n) is 13.5. The molecule has 4 nitrogen and oxygen atoms in total. The molecule has 3 aromatic carbocycles. The Morgan fingerprint density at radius 1 is 0.692 bits per heavy atom. The highest BCUT2D eigenvalue weighted by Gasteiger charge is 2.12. The van der Waals surface area contributed by atoms with Crippen molar-refractivity contribution in [2.45, 2.75) is 0 Å². The second-order valence-electron chi connectivity index (χ2n) is 5.48. The summed E-state index contributed by atoms with van der Waals surface area (Å²) in [5.41, 5.74) is 1.15. The first kappa shape index (κ1) is 17.3. The molecule has 0 aromatic heterocycles. The maximum Gasteiger partial charge on any atom is 0.255 e. The molecule has 26 heavy (non-hydrogen) atoms. The van der Waals surface area contributed by atoms with Crippen LogP contribution in [-0.4, -0.2) is 11.8 Å². The van der Waals surface area contributed by atoms with Gasteiger partial charge in [0.15, 0.2) is 0 Å². The Labute approximate surface area is 148 Å². The number of carbonyl (C=O) groups excluding carboxylic acids is 2. The quantitative estimate of drug-likeness (QED) is 0.728. The molecule has 130 valence electrons. The minimum Gasteiger partial charge on any atom is -0.322 e. The predicted molar refractivity (Wildman–Crippen MR) is 95.1 cm³/mol. The number of anilines is 2. The van der Waals surface area contributed by atoms with Gasteiger partial charge in [-0.1, -0.05) is 18.2 Å². The first-order chi connectivity index (χ1) is 12.5. The first-order valence-electron chi connectivity index (χ1n) is 7.76. The van der Waals surface area contributed by atoms with Crippen LogP contribution in [0.25, 0.3) is 0 Å². The maximum atomic E-state index is 13.6. The molecule has 6 heteroatoms. The summed E-state index contributed by atoms with van der Waals surface area (Å²) in [6.07, 6.45) is 0. The van der Waals surface area contributed by atoms with Crippen LogP contribution < -0.4 is 10.6 Å². The summed E-state index contributed by atoms with van der Waals surface area (Å²) >= 11 is 0. The lowest BCUT2D eigenvalue weighted by Crippen LogP contribution is -2.15. The van der Waals surface area contributed by atoms with Crippen LogP contribution in [0.3, 0.4) is 0 Å². The molecule has 0 aliphatic heterocycles. The van der Waals surface area contributed by atoms with Gasteiger partial charge in [0.1, 0.15) is 11.6 Å². The Balaban J connectivity index is 1.68. The lowest BCUT2D eigenvalue weighted by molar-refractivity contribution is 0.101. The minimum atomic E-state index is -0.864. The lowest BCUT2D eigenvalue weighted by Gasteiger charge is -2.08. The zero-order valence-corrected chi connectivity index (χ0v) is 13.5. The van der Waals surface area contributed by atoms with E-state index in [0.29, 0.717) is 17.3 Å². The number of rotatable bonds is 4. The van der Waals surface area contributed by atoms with Crippen molar-refractivity contribution >= 4 is 23.2 Å². The van der Waals surface area contributed by atoms with E-state index in [9.17, 15) is 18.4 Å². The van der Waals surface area contributed by atoms with E-state index < -0.39 is 17.5 Å². The molecular weight excluding hydrogens is 338 g/mol. The van der Waals surface area contributed by atoms with Crippen LogP contribution in [0.15, 0.2) is 72.8 Å². The molecule has 0 bridgehead atoms. The highest BCUT2D eigenvalue weighted by molar-refractivity contribution is 6.07. The van der Waals surface area contributed by atoms with Gasteiger partial charge in [-0.25, -0.2) is 8.78 Å². The van der Waals surface area contributed by atoms with Crippen molar-refractivity contribution in [2.75, 3.05) is 10.6 Å². The van der Waals surface area contributed by atoms with Crippen LogP contribution in [0.1, 0.15) is 20.7 Å². The summed E-state index contributed by atoms with van der Waals surface area (Å²) in [7, 11) is 0. The van der Waals surface area contributed by atoms with Crippen molar-refractivity contribution in [1.82, 2.24) is 0 Å². The number of nitrogens with one attached hydrogen (secondary N) is 2. The van der Waals surface area contributed by atoms with Crippen LogP contribution >= 0.6 is 0 Å². The lowest BCUT2D eigenvalue weighted by atomic mass is 10.1. The smallest absolute Gasteiger partial charge is 0.255 e. The normalized spacial score (nSPS) is 10.2. The molecule has 0 aliphatic carbocycles. The molecule has 3 aromatic rings.